The number of hydrogen-bond acceptors (Lipinski definition) is 13. The Morgan fingerprint density at radius 3 is 1.44 bits per heavy atom. The van der Waals surface area contributed by atoms with Crippen LogP contribution in [0.25, 0.3) is 43.8 Å². The lowest BCUT2D eigenvalue weighted by Crippen LogP contribution is -2.12. The lowest BCUT2D eigenvalue weighted by Gasteiger charge is -2.16. The number of ether oxygens (including phenoxy) is 7. The summed E-state index contributed by atoms with van der Waals surface area (Å²) in [6, 6.07) is 41.3. The predicted octanol–water partition coefficient (Wildman–Crippen LogP) is 14.2. The maximum absolute atomic E-state index is 14.2. The molecule has 80 heavy (non-hydrogen) atoms. The third-order valence-corrected chi connectivity index (χ3v) is 13.1. The van der Waals surface area contributed by atoms with E-state index in [0.717, 1.165) is 110 Å². The highest BCUT2D eigenvalue weighted by Gasteiger charge is 2.23. The Kier molecular flexibility index (Phi) is 22.4. The smallest absolute Gasteiger partial charge is 0.343 e. The van der Waals surface area contributed by atoms with E-state index in [1.807, 2.05) is 60.7 Å². The second-order valence-corrected chi connectivity index (χ2v) is 18.9. The molecule has 14 nitrogen and oxygen atoms in total. The number of carboxylic acids is 1. The van der Waals surface area contributed by atoms with Gasteiger partial charge in [-0.2, -0.15) is 5.26 Å². The average molecular weight is 1080 g/mol. The van der Waals surface area contributed by atoms with Crippen LogP contribution < -0.4 is 18.9 Å². The molecule has 412 valence electrons. The molecular weight excluding hydrogens is 1010 g/mol. The molecule has 0 fully saturated rings. The van der Waals surface area contributed by atoms with Gasteiger partial charge < -0.3 is 38.3 Å². The van der Waals surface area contributed by atoms with Gasteiger partial charge in [0.15, 0.2) is 0 Å². The van der Waals surface area contributed by atoms with Crippen molar-refractivity contribution in [1.82, 2.24) is 0 Å². The van der Waals surface area contributed by atoms with Crippen molar-refractivity contribution in [3.05, 3.63) is 181 Å². The Bertz CT molecular complexity index is 3320. The van der Waals surface area contributed by atoms with Gasteiger partial charge in [-0.25, -0.2) is 24.0 Å². The Morgan fingerprint density at radius 2 is 0.887 bits per heavy atom. The zero-order chi connectivity index (χ0) is 56.5. The van der Waals surface area contributed by atoms with Gasteiger partial charge in [0.2, 0.25) is 0 Å². The third kappa shape index (κ3) is 17.7. The summed E-state index contributed by atoms with van der Waals surface area (Å²) in [6.45, 7) is 9.05. The molecule has 0 heterocycles. The minimum Gasteiger partial charge on any atom is -0.494 e. The Labute approximate surface area is 466 Å². The van der Waals surface area contributed by atoms with Crippen molar-refractivity contribution in [3.8, 4) is 51.3 Å². The van der Waals surface area contributed by atoms with E-state index in [9.17, 15) is 29.1 Å². The normalized spacial score (nSPS) is 10.8. The fourth-order valence-electron chi connectivity index (χ4n) is 8.79. The van der Waals surface area contributed by atoms with Gasteiger partial charge in [0.1, 0.15) is 23.0 Å². The van der Waals surface area contributed by atoms with Crippen LogP contribution in [0.2, 0.25) is 0 Å². The summed E-state index contributed by atoms with van der Waals surface area (Å²) in [5.41, 5.74) is 3.41. The summed E-state index contributed by atoms with van der Waals surface area (Å²) >= 11 is 0. The van der Waals surface area contributed by atoms with Gasteiger partial charge in [0, 0.05) is 12.2 Å². The number of nitrogens with zero attached hydrogens (tertiary/aromatic N) is 1. The fraction of sp³-hybridized carbons (Fsp3) is 0.273. The number of carboxylic acid groups (broad SMARTS) is 1. The number of aromatic carboxylic acids is 1. The zero-order valence-corrected chi connectivity index (χ0v) is 44.8. The van der Waals surface area contributed by atoms with Crippen molar-refractivity contribution in [2.45, 2.75) is 77.0 Å². The molecule has 7 aromatic carbocycles. The standard InChI is InChI=1S/C66H65NO13/c1-3-62(68)77-36-14-8-5-12-34-75-55-29-25-49-39-52(22-21-50(49)40-55)65(72)80-57-31-32-58(59-43-53-41-56(30-26-51(53)42-60(59)64(70)71)76-35-13-6-9-15-37-78-63(69)4-2)61(44-57)66(73)79-38-16-10-7-11-33-74-54-27-23-48(24-28-54)47-19-17-46(45-67)18-20-47/h3-4,17-32,39-44H,1-2,5-16,33-38H2,(H,70,71). The van der Waals surface area contributed by atoms with Gasteiger partial charge in [-0.05, 0) is 212 Å². The minimum atomic E-state index is -1.20. The topological polar surface area (TPSA) is 194 Å². The summed E-state index contributed by atoms with van der Waals surface area (Å²) in [7, 11) is 0. The van der Waals surface area contributed by atoms with E-state index in [1.54, 1.807) is 60.7 Å². The zero-order valence-electron chi connectivity index (χ0n) is 44.8. The minimum absolute atomic E-state index is 0.0162. The first-order chi connectivity index (χ1) is 39.0. The SMILES string of the molecule is C=CC(=O)OCCCCCCOc1ccc2cc(C(=O)Oc3ccc(-c4cc5cc(OCCCCCCOC(=O)C=C)ccc5cc4C(=O)O)c(C(=O)OCCCCCCOc4ccc(-c5ccc(C#N)cc5)cc4)c3)ccc2c1. The second kappa shape index (κ2) is 30.6. The van der Waals surface area contributed by atoms with Crippen LogP contribution in [-0.4, -0.2) is 74.6 Å². The number of rotatable bonds is 32. The molecule has 0 saturated heterocycles. The van der Waals surface area contributed by atoms with Crippen molar-refractivity contribution in [1.29, 1.82) is 5.26 Å². The Hall–Kier alpha value is -9.22. The number of unbranched alkanes of at least 4 members (excludes halogenated alkanes) is 9. The maximum Gasteiger partial charge on any atom is 0.343 e. The van der Waals surface area contributed by atoms with E-state index in [2.05, 4.69) is 19.2 Å². The monoisotopic (exact) mass is 1080 g/mol. The molecule has 0 amide bonds. The summed E-state index contributed by atoms with van der Waals surface area (Å²) in [6.07, 6.45) is 11.9. The van der Waals surface area contributed by atoms with E-state index < -0.39 is 29.8 Å². The van der Waals surface area contributed by atoms with E-state index in [-0.39, 0.29) is 40.2 Å². The molecule has 14 heteroatoms. The van der Waals surface area contributed by atoms with Gasteiger partial charge >= 0.3 is 29.8 Å². The largest absolute Gasteiger partial charge is 0.494 e. The molecule has 0 aliphatic carbocycles. The van der Waals surface area contributed by atoms with E-state index in [1.165, 1.54) is 12.1 Å². The molecule has 0 unspecified atom stereocenters. The number of hydrogen-bond donors (Lipinski definition) is 1. The Morgan fingerprint density at radius 1 is 0.425 bits per heavy atom. The molecule has 0 radical (unpaired) electrons. The van der Waals surface area contributed by atoms with Gasteiger partial charge in [-0.15, -0.1) is 0 Å². The number of benzene rings is 7. The van der Waals surface area contributed by atoms with Crippen molar-refractivity contribution in [2.75, 3.05) is 39.6 Å². The van der Waals surface area contributed by atoms with Crippen LogP contribution in [0, 0.1) is 11.3 Å². The van der Waals surface area contributed by atoms with Crippen molar-refractivity contribution >= 4 is 51.4 Å². The summed E-state index contributed by atoms with van der Waals surface area (Å²) in [4.78, 5) is 63.3. The first-order valence-corrected chi connectivity index (χ1v) is 27.0. The molecule has 0 atom stereocenters. The highest BCUT2D eigenvalue weighted by Crippen LogP contribution is 2.36. The number of carbonyl (C=O) groups is 5. The molecule has 7 aromatic rings. The van der Waals surface area contributed by atoms with Gasteiger partial charge in [0.05, 0.1) is 68.0 Å². The van der Waals surface area contributed by atoms with Crippen LogP contribution in [0.1, 0.15) is 114 Å². The molecule has 0 aliphatic heterocycles. The van der Waals surface area contributed by atoms with Crippen LogP contribution in [0.4, 0.5) is 0 Å². The maximum atomic E-state index is 14.2. The molecule has 0 aliphatic rings. The van der Waals surface area contributed by atoms with Crippen LogP contribution >= 0.6 is 0 Å². The average Bonchev–Trinajstić information content (AvgIpc) is 3.59. The molecule has 1 N–H and O–H groups in total. The lowest BCUT2D eigenvalue weighted by molar-refractivity contribution is -0.138. The van der Waals surface area contributed by atoms with Gasteiger partial charge in [-0.3, -0.25) is 0 Å². The van der Waals surface area contributed by atoms with Crippen molar-refractivity contribution < 1.29 is 62.2 Å². The molecule has 0 saturated carbocycles. The summed E-state index contributed by atoms with van der Waals surface area (Å²) in [5.74, 6) is -1.36. The lowest BCUT2D eigenvalue weighted by atomic mass is 9.92. The van der Waals surface area contributed by atoms with Crippen molar-refractivity contribution in [2.24, 2.45) is 0 Å². The van der Waals surface area contributed by atoms with E-state index in [4.69, 9.17) is 38.4 Å². The highest BCUT2D eigenvalue weighted by molar-refractivity contribution is 6.07. The molecule has 0 aromatic heterocycles. The van der Waals surface area contributed by atoms with E-state index >= 15 is 0 Å². The first kappa shape index (κ1) is 58.5. The second-order valence-electron chi connectivity index (χ2n) is 18.9. The van der Waals surface area contributed by atoms with Crippen LogP contribution in [0.3, 0.4) is 0 Å². The summed E-state index contributed by atoms with van der Waals surface area (Å²) in [5, 5.41) is 22.6. The van der Waals surface area contributed by atoms with Crippen molar-refractivity contribution in [3.63, 3.8) is 0 Å². The fourth-order valence-corrected chi connectivity index (χ4v) is 8.79. The van der Waals surface area contributed by atoms with Crippen LogP contribution in [-0.2, 0) is 23.8 Å². The molecular formula is C66H65NO13. The molecule has 0 spiro atoms. The number of esters is 4. The quantitative estimate of drug-likeness (QED) is 0.0138. The van der Waals surface area contributed by atoms with E-state index in [0.29, 0.717) is 67.3 Å². The van der Waals surface area contributed by atoms with Gasteiger partial charge in [0.25, 0.3) is 0 Å². The first-order valence-electron chi connectivity index (χ1n) is 27.0. The molecule has 0 bridgehead atoms. The molecule has 7 rings (SSSR count). The van der Waals surface area contributed by atoms with Crippen LogP contribution in [0.15, 0.2) is 159 Å². The predicted molar refractivity (Wildman–Crippen MR) is 306 cm³/mol. The Balaban J connectivity index is 0.998. The third-order valence-electron chi connectivity index (χ3n) is 13.1. The number of fused-ring (bicyclic) bond motifs is 2. The number of nitriles is 1. The van der Waals surface area contributed by atoms with Crippen LogP contribution in [0.5, 0.6) is 23.0 Å². The highest BCUT2D eigenvalue weighted by atomic mass is 16.5. The number of carbonyl (C=O) groups excluding carboxylic acids is 4. The summed E-state index contributed by atoms with van der Waals surface area (Å²) < 4.78 is 39.8. The van der Waals surface area contributed by atoms with Gasteiger partial charge in [-0.1, -0.05) is 55.6 Å².